The van der Waals surface area contributed by atoms with Crippen molar-refractivity contribution in [2.24, 2.45) is 11.8 Å². The maximum Gasteiger partial charge on any atom is 0.308 e. The van der Waals surface area contributed by atoms with Crippen LogP contribution in [0, 0.1) is 11.8 Å². The molecule has 0 saturated carbocycles. The number of carboxylic acids is 1. The summed E-state index contributed by atoms with van der Waals surface area (Å²) in [4.78, 5) is 29.4. The predicted octanol–water partition coefficient (Wildman–Crippen LogP) is 1.26. The van der Waals surface area contributed by atoms with E-state index in [0.717, 1.165) is 5.56 Å². The predicted molar refractivity (Wildman–Crippen MR) is 78.0 cm³/mol. The molecule has 1 aliphatic rings. The summed E-state index contributed by atoms with van der Waals surface area (Å²) in [7, 11) is 0. The van der Waals surface area contributed by atoms with E-state index < -0.39 is 11.9 Å². The number of aromatic nitrogens is 3. The monoisotopic (exact) mass is 300 g/mol. The number of amides is 1. The molecule has 0 radical (unpaired) electrons. The van der Waals surface area contributed by atoms with Crippen LogP contribution in [0.25, 0.3) is 11.4 Å². The average molecular weight is 300 g/mol. The zero-order valence-corrected chi connectivity index (χ0v) is 12.1. The molecule has 2 N–H and O–H groups in total. The van der Waals surface area contributed by atoms with Gasteiger partial charge < -0.3 is 10.0 Å². The molecule has 1 aliphatic heterocycles. The quantitative estimate of drug-likeness (QED) is 0.889. The van der Waals surface area contributed by atoms with Crippen LogP contribution < -0.4 is 0 Å². The highest BCUT2D eigenvalue weighted by molar-refractivity contribution is 5.95. The maximum absolute atomic E-state index is 12.6. The molecule has 7 heteroatoms. The Morgan fingerprint density at radius 1 is 1.36 bits per heavy atom. The molecule has 0 aliphatic carbocycles. The Labute approximate surface area is 127 Å². The standard InChI is InChI=1S/C15H16N4O3/c1-9-6-19(7-12(9)15(21)22)14(20)11-4-2-3-10(5-11)13-16-8-17-18-13/h2-5,8-9,12H,6-7H2,1H3,(H,21,22)(H,16,17,18)/t9-,12-/m1/s1. The van der Waals surface area contributed by atoms with Crippen molar-refractivity contribution in [2.75, 3.05) is 13.1 Å². The third kappa shape index (κ3) is 2.57. The van der Waals surface area contributed by atoms with E-state index in [2.05, 4.69) is 15.2 Å². The molecule has 1 amide bonds. The number of benzene rings is 1. The molecule has 1 aromatic carbocycles. The topological polar surface area (TPSA) is 99.2 Å². The number of carbonyl (C=O) groups is 2. The van der Waals surface area contributed by atoms with E-state index in [-0.39, 0.29) is 18.4 Å². The lowest BCUT2D eigenvalue weighted by Crippen LogP contribution is -2.29. The molecule has 1 saturated heterocycles. The molecule has 2 atom stereocenters. The Balaban J connectivity index is 1.81. The van der Waals surface area contributed by atoms with Gasteiger partial charge in [0.1, 0.15) is 6.33 Å². The lowest BCUT2D eigenvalue weighted by molar-refractivity contribution is -0.142. The fourth-order valence-corrected chi connectivity index (χ4v) is 2.78. The highest BCUT2D eigenvalue weighted by atomic mass is 16.4. The van der Waals surface area contributed by atoms with Crippen molar-refractivity contribution in [3.05, 3.63) is 36.2 Å². The van der Waals surface area contributed by atoms with Crippen LogP contribution in [-0.4, -0.2) is 50.2 Å². The number of likely N-dealkylation sites (tertiary alicyclic amines) is 1. The molecule has 22 heavy (non-hydrogen) atoms. The normalized spacial score (nSPS) is 21.0. The van der Waals surface area contributed by atoms with E-state index in [1.54, 1.807) is 23.1 Å². The second-order valence-electron chi connectivity index (χ2n) is 5.55. The average Bonchev–Trinajstić information content (AvgIpc) is 3.16. The molecule has 0 unspecified atom stereocenters. The summed E-state index contributed by atoms with van der Waals surface area (Å²) in [6.07, 6.45) is 1.41. The molecule has 7 nitrogen and oxygen atoms in total. The number of H-pyrrole nitrogens is 1. The van der Waals surface area contributed by atoms with Gasteiger partial charge in [0.05, 0.1) is 5.92 Å². The largest absolute Gasteiger partial charge is 0.481 e. The van der Waals surface area contributed by atoms with Crippen LogP contribution in [0.5, 0.6) is 0 Å². The Morgan fingerprint density at radius 3 is 2.82 bits per heavy atom. The van der Waals surface area contributed by atoms with E-state index in [1.165, 1.54) is 6.33 Å². The van der Waals surface area contributed by atoms with Crippen molar-refractivity contribution in [2.45, 2.75) is 6.92 Å². The van der Waals surface area contributed by atoms with E-state index in [9.17, 15) is 9.59 Å². The summed E-state index contributed by atoms with van der Waals surface area (Å²) in [5.41, 5.74) is 1.29. The van der Waals surface area contributed by atoms with Crippen LogP contribution in [0.1, 0.15) is 17.3 Å². The summed E-state index contributed by atoms with van der Waals surface area (Å²) >= 11 is 0. The van der Waals surface area contributed by atoms with Crippen molar-refractivity contribution in [3.8, 4) is 11.4 Å². The van der Waals surface area contributed by atoms with Crippen molar-refractivity contribution in [1.82, 2.24) is 20.1 Å². The first-order chi connectivity index (χ1) is 10.6. The molecule has 2 aromatic rings. The zero-order valence-electron chi connectivity index (χ0n) is 12.1. The first kappa shape index (κ1) is 14.2. The fraction of sp³-hybridized carbons (Fsp3) is 0.333. The van der Waals surface area contributed by atoms with Gasteiger partial charge in [0.2, 0.25) is 0 Å². The number of aromatic amines is 1. The molecule has 1 aromatic heterocycles. The lowest BCUT2D eigenvalue weighted by atomic mass is 9.99. The molecular formula is C15H16N4O3. The van der Waals surface area contributed by atoms with Gasteiger partial charge in [0.15, 0.2) is 5.82 Å². The molecule has 1 fully saturated rings. The van der Waals surface area contributed by atoms with Crippen LogP contribution >= 0.6 is 0 Å². The van der Waals surface area contributed by atoms with Gasteiger partial charge in [-0.25, -0.2) is 4.98 Å². The summed E-state index contributed by atoms with van der Waals surface area (Å²) in [5.74, 6) is -0.955. The SMILES string of the molecule is C[C@@H]1CN(C(=O)c2cccc(-c3ncn[nH]3)c2)C[C@H]1C(=O)O. The number of nitrogens with one attached hydrogen (secondary N) is 1. The zero-order chi connectivity index (χ0) is 15.7. The first-order valence-electron chi connectivity index (χ1n) is 7.04. The van der Waals surface area contributed by atoms with Gasteiger partial charge in [-0.05, 0) is 18.1 Å². The van der Waals surface area contributed by atoms with E-state index in [0.29, 0.717) is 17.9 Å². The molecule has 0 bridgehead atoms. The van der Waals surface area contributed by atoms with Gasteiger partial charge in [-0.15, -0.1) is 0 Å². The maximum atomic E-state index is 12.6. The van der Waals surface area contributed by atoms with Crippen LogP contribution in [-0.2, 0) is 4.79 Å². The van der Waals surface area contributed by atoms with E-state index in [1.807, 2.05) is 13.0 Å². The number of rotatable bonds is 3. The first-order valence-corrected chi connectivity index (χ1v) is 7.04. The second-order valence-corrected chi connectivity index (χ2v) is 5.55. The van der Waals surface area contributed by atoms with E-state index in [4.69, 9.17) is 5.11 Å². The van der Waals surface area contributed by atoms with Crippen molar-refractivity contribution in [3.63, 3.8) is 0 Å². The number of aliphatic carboxylic acids is 1. The molecule has 2 heterocycles. The highest BCUT2D eigenvalue weighted by Crippen LogP contribution is 2.25. The minimum atomic E-state index is -0.849. The van der Waals surface area contributed by atoms with Crippen molar-refractivity contribution >= 4 is 11.9 Å². The van der Waals surface area contributed by atoms with Gasteiger partial charge in [-0.3, -0.25) is 14.7 Å². The summed E-state index contributed by atoms with van der Waals surface area (Å²) in [6.45, 7) is 2.57. The number of nitrogens with zero attached hydrogens (tertiary/aromatic N) is 3. The van der Waals surface area contributed by atoms with Crippen LogP contribution in [0.3, 0.4) is 0 Å². The molecular weight excluding hydrogens is 284 g/mol. The summed E-state index contributed by atoms with van der Waals surface area (Å²) in [6, 6.07) is 7.08. The number of hydrogen-bond donors (Lipinski definition) is 2. The second kappa shape index (κ2) is 5.59. The third-order valence-electron chi connectivity index (χ3n) is 4.01. The Hall–Kier alpha value is -2.70. The Morgan fingerprint density at radius 2 is 2.18 bits per heavy atom. The van der Waals surface area contributed by atoms with Crippen LogP contribution in [0.2, 0.25) is 0 Å². The number of carboxylic acid groups (broad SMARTS) is 1. The minimum Gasteiger partial charge on any atom is -0.481 e. The van der Waals surface area contributed by atoms with E-state index >= 15 is 0 Å². The van der Waals surface area contributed by atoms with Gasteiger partial charge in [0, 0.05) is 24.2 Å². The highest BCUT2D eigenvalue weighted by Gasteiger charge is 2.37. The lowest BCUT2D eigenvalue weighted by Gasteiger charge is -2.16. The van der Waals surface area contributed by atoms with Crippen molar-refractivity contribution in [1.29, 1.82) is 0 Å². The smallest absolute Gasteiger partial charge is 0.308 e. The van der Waals surface area contributed by atoms with Gasteiger partial charge in [-0.2, -0.15) is 5.10 Å². The Bertz CT molecular complexity index is 699. The summed E-state index contributed by atoms with van der Waals surface area (Å²) in [5, 5.41) is 15.7. The Kier molecular flexibility index (Phi) is 3.62. The fourth-order valence-electron chi connectivity index (χ4n) is 2.78. The molecule has 114 valence electrons. The van der Waals surface area contributed by atoms with Gasteiger partial charge in [0.25, 0.3) is 5.91 Å². The number of hydrogen-bond acceptors (Lipinski definition) is 4. The van der Waals surface area contributed by atoms with Crippen LogP contribution in [0.4, 0.5) is 0 Å². The summed E-state index contributed by atoms with van der Waals surface area (Å²) < 4.78 is 0. The van der Waals surface area contributed by atoms with Crippen molar-refractivity contribution < 1.29 is 14.7 Å². The minimum absolute atomic E-state index is 0.0427. The molecule has 3 rings (SSSR count). The van der Waals surface area contributed by atoms with Gasteiger partial charge in [-0.1, -0.05) is 19.1 Å². The van der Waals surface area contributed by atoms with Crippen LogP contribution in [0.15, 0.2) is 30.6 Å². The molecule has 0 spiro atoms. The third-order valence-corrected chi connectivity index (χ3v) is 4.01. The number of carbonyl (C=O) groups excluding carboxylic acids is 1. The van der Waals surface area contributed by atoms with Gasteiger partial charge >= 0.3 is 5.97 Å².